The van der Waals surface area contributed by atoms with Crippen LogP contribution in [0, 0.1) is 6.92 Å². The van der Waals surface area contributed by atoms with Gasteiger partial charge in [0.15, 0.2) is 0 Å². The first kappa shape index (κ1) is 21.0. The Morgan fingerprint density at radius 3 is 2.37 bits per heavy atom. The molecule has 0 bridgehead atoms. The van der Waals surface area contributed by atoms with Crippen molar-refractivity contribution in [2.75, 3.05) is 7.05 Å². The first-order valence-electron chi connectivity index (χ1n) is 9.63. The summed E-state index contributed by atoms with van der Waals surface area (Å²) in [6.45, 7) is 3.78. The maximum atomic E-state index is 13.3. The van der Waals surface area contributed by atoms with Gasteiger partial charge in [-0.2, -0.15) is 0 Å². The number of fused-ring (bicyclic) bond motifs is 1. The Labute approximate surface area is 174 Å². The van der Waals surface area contributed by atoms with Gasteiger partial charge >= 0.3 is 12.0 Å². The average Bonchev–Trinajstić information content (AvgIpc) is 2.77. The Balaban J connectivity index is 2.03. The summed E-state index contributed by atoms with van der Waals surface area (Å²) in [6.07, 6.45) is -0.636. The summed E-state index contributed by atoms with van der Waals surface area (Å²) in [4.78, 5) is 42.2. The van der Waals surface area contributed by atoms with Crippen LogP contribution in [0.4, 0.5) is 4.79 Å². The van der Waals surface area contributed by atoms with Crippen LogP contribution < -0.4 is 10.6 Å². The van der Waals surface area contributed by atoms with E-state index in [1.54, 1.807) is 36.4 Å². The van der Waals surface area contributed by atoms with E-state index in [9.17, 15) is 14.4 Å². The Morgan fingerprint density at radius 2 is 1.70 bits per heavy atom. The summed E-state index contributed by atoms with van der Waals surface area (Å²) in [7, 11) is 1.39. The molecule has 0 radical (unpaired) electrons. The largest absolute Gasteiger partial charge is 0.444 e. The van der Waals surface area contributed by atoms with Gasteiger partial charge in [-0.1, -0.05) is 55.5 Å². The van der Waals surface area contributed by atoms with E-state index in [2.05, 4.69) is 15.6 Å². The highest BCUT2D eigenvalue weighted by Crippen LogP contribution is 2.27. The average molecular weight is 405 g/mol. The zero-order chi connectivity index (χ0) is 21.7. The molecule has 30 heavy (non-hydrogen) atoms. The first-order valence-corrected chi connectivity index (χ1v) is 9.63. The molecule has 0 fully saturated rings. The molecule has 3 amide bonds. The number of nitrogens with zero attached hydrogens (tertiary/aromatic N) is 1. The fourth-order valence-electron chi connectivity index (χ4n) is 3.27. The molecule has 0 aliphatic heterocycles. The maximum absolute atomic E-state index is 13.3. The number of rotatable bonds is 5. The lowest BCUT2D eigenvalue weighted by Gasteiger charge is -2.19. The molecular weight excluding hydrogens is 382 g/mol. The van der Waals surface area contributed by atoms with Gasteiger partial charge < -0.3 is 10.1 Å². The smallest absolute Gasteiger partial charge is 0.340 e. The number of imide groups is 1. The zero-order valence-corrected chi connectivity index (χ0v) is 17.1. The Morgan fingerprint density at radius 1 is 1.03 bits per heavy atom. The van der Waals surface area contributed by atoms with Gasteiger partial charge in [-0.3, -0.25) is 15.1 Å². The molecule has 2 aromatic carbocycles. The SMILES string of the molecule is CCc1nc2ccccc2c(C(=O)O[C@@H](C(=O)NC(=O)NC)c2ccccc2)c1C. The van der Waals surface area contributed by atoms with Gasteiger partial charge in [0.1, 0.15) is 0 Å². The number of nitrogens with one attached hydrogen (secondary N) is 2. The number of carbonyl (C=O) groups is 3. The molecule has 7 heteroatoms. The van der Waals surface area contributed by atoms with Crippen LogP contribution in [0.15, 0.2) is 54.6 Å². The van der Waals surface area contributed by atoms with Gasteiger partial charge in [0.2, 0.25) is 6.10 Å². The molecule has 0 aliphatic carbocycles. The summed E-state index contributed by atoms with van der Waals surface area (Å²) in [5, 5.41) is 5.15. The minimum absolute atomic E-state index is 0.367. The van der Waals surface area contributed by atoms with E-state index < -0.39 is 24.0 Å². The number of urea groups is 1. The molecule has 0 unspecified atom stereocenters. The second kappa shape index (κ2) is 9.17. The number of aromatic nitrogens is 1. The van der Waals surface area contributed by atoms with Crippen molar-refractivity contribution < 1.29 is 19.1 Å². The van der Waals surface area contributed by atoms with Crippen molar-refractivity contribution in [1.29, 1.82) is 0 Å². The van der Waals surface area contributed by atoms with Crippen LogP contribution in [0.3, 0.4) is 0 Å². The minimum atomic E-state index is -1.28. The van der Waals surface area contributed by atoms with E-state index in [-0.39, 0.29) is 0 Å². The number of esters is 1. The molecule has 154 valence electrons. The number of hydrogen-bond acceptors (Lipinski definition) is 5. The fraction of sp³-hybridized carbons (Fsp3) is 0.217. The number of pyridine rings is 1. The van der Waals surface area contributed by atoms with Crippen LogP contribution in [-0.2, 0) is 16.0 Å². The van der Waals surface area contributed by atoms with Crippen LogP contribution in [0.2, 0.25) is 0 Å². The summed E-state index contributed by atoms with van der Waals surface area (Å²) < 4.78 is 5.66. The lowest BCUT2D eigenvalue weighted by Crippen LogP contribution is -2.41. The van der Waals surface area contributed by atoms with E-state index in [0.717, 1.165) is 5.69 Å². The van der Waals surface area contributed by atoms with E-state index in [0.29, 0.717) is 34.0 Å². The summed E-state index contributed by atoms with van der Waals surface area (Å²) in [6, 6.07) is 15.2. The van der Waals surface area contributed by atoms with Crippen molar-refractivity contribution in [3.63, 3.8) is 0 Å². The number of amides is 3. The van der Waals surface area contributed by atoms with Crippen molar-refractivity contribution in [2.24, 2.45) is 0 Å². The van der Waals surface area contributed by atoms with Crippen molar-refractivity contribution in [1.82, 2.24) is 15.6 Å². The van der Waals surface area contributed by atoms with E-state index in [4.69, 9.17) is 4.74 Å². The zero-order valence-electron chi connectivity index (χ0n) is 17.1. The molecular formula is C23H23N3O4. The maximum Gasteiger partial charge on any atom is 0.340 e. The minimum Gasteiger partial charge on any atom is -0.444 e. The third-order valence-electron chi connectivity index (χ3n) is 4.80. The van der Waals surface area contributed by atoms with E-state index >= 15 is 0 Å². The summed E-state index contributed by atoms with van der Waals surface area (Å²) in [5.74, 6) is -1.39. The number of aryl methyl sites for hydroxylation is 1. The van der Waals surface area contributed by atoms with Gasteiger partial charge in [-0.15, -0.1) is 0 Å². The molecule has 0 saturated carbocycles. The molecule has 0 saturated heterocycles. The molecule has 1 atom stereocenters. The van der Waals surface area contributed by atoms with Crippen LogP contribution in [0.1, 0.15) is 40.2 Å². The van der Waals surface area contributed by atoms with Crippen LogP contribution >= 0.6 is 0 Å². The van der Waals surface area contributed by atoms with Gasteiger partial charge in [-0.05, 0) is 25.0 Å². The molecule has 7 nitrogen and oxygen atoms in total. The number of hydrogen-bond donors (Lipinski definition) is 2. The standard InChI is InChI=1S/C23H23N3O4/c1-4-17-14(2)19(16-12-8-9-13-18(16)25-17)22(28)30-20(15-10-6-5-7-11-15)21(27)26-23(29)24-3/h5-13,20H,4H2,1-3H3,(H2,24,26,27,29)/t20-/m1/s1. The monoisotopic (exact) mass is 405 g/mol. The van der Waals surface area contributed by atoms with Crippen LogP contribution in [0.5, 0.6) is 0 Å². The molecule has 1 heterocycles. The molecule has 1 aromatic heterocycles. The van der Waals surface area contributed by atoms with Crippen molar-refractivity contribution >= 4 is 28.8 Å². The van der Waals surface area contributed by atoms with Crippen molar-refractivity contribution in [3.8, 4) is 0 Å². The van der Waals surface area contributed by atoms with Crippen molar-refractivity contribution in [3.05, 3.63) is 77.0 Å². The topological polar surface area (TPSA) is 97.4 Å². The Bertz CT molecular complexity index is 1100. The lowest BCUT2D eigenvalue weighted by atomic mass is 10.00. The Hall–Kier alpha value is -3.74. The molecule has 0 aliphatic rings. The highest BCUT2D eigenvalue weighted by Gasteiger charge is 2.29. The predicted molar refractivity (Wildman–Crippen MR) is 113 cm³/mol. The number of carbonyl (C=O) groups excluding carboxylic acids is 3. The molecule has 3 aromatic rings. The normalized spacial score (nSPS) is 11.6. The fourth-order valence-corrected chi connectivity index (χ4v) is 3.27. The lowest BCUT2D eigenvalue weighted by molar-refractivity contribution is -0.129. The molecule has 2 N–H and O–H groups in total. The second-order valence-electron chi connectivity index (χ2n) is 6.69. The number of para-hydroxylation sites is 1. The summed E-state index contributed by atoms with van der Waals surface area (Å²) >= 11 is 0. The highest BCUT2D eigenvalue weighted by molar-refractivity contribution is 6.06. The molecule has 3 rings (SSSR count). The number of ether oxygens (including phenoxy) is 1. The predicted octanol–water partition coefficient (Wildman–Crippen LogP) is 3.46. The Kier molecular flexibility index (Phi) is 6.41. The second-order valence-corrected chi connectivity index (χ2v) is 6.69. The summed E-state index contributed by atoms with van der Waals surface area (Å²) in [5.41, 5.74) is 2.99. The van der Waals surface area contributed by atoms with Crippen molar-refractivity contribution in [2.45, 2.75) is 26.4 Å². The van der Waals surface area contributed by atoms with Gasteiger partial charge in [0.05, 0.1) is 11.1 Å². The third-order valence-corrected chi connectivity index (χ3v) is 4.80. The van der Waals surface area contributed by atoms with E-state index in [1.807, 2.05) is 32.0 Å². The first-order chi connectivity index (χ1) is 14.5. The highest BCUT2D eigenvalue weighted by atomic mass is 16.5. The van der Waals surface area contributed by atoms with Crippen LogP contribution in [-0.4, -0.2) is 29.9 Å². The van der Waals surface area contributed by atoms with Gasteiger partial charge in [0.25, 0.3) is 5.91 Å². The van der Waals surface area contributed by atoms with Gasteiger partial charge in [-0.25, -0.2) is 9.59 Å². The molecule has 0 spiro atoms. The van der Waals surface area contributed by atoms with Gasteiger partial charge in [0, 0.05) is 23.7 Å². The van der Waals surface area contributed by atoms with E-state index in [1.165, 1.54) is 7.05 Å². The number of benzene rings is 2. The quantitative estimate of drug-likeness (QED) is 0.634. The third kappa shape index (κ3) is 4.30. The van der Waals surface area contributed by atoms with Crippen LogP contribution in [0.25, 0.3) is 10.9 Å².